The molecule has 0 radical (unpaired) electrons. The molecule has 17 heavy (non-hydrogen) atoms. The fourth-order valence-corrected chi connectivity index (χ4v) is 1.97. The van der Waals surface area contributed by atoms with Crippen LogP contribution in [0.15, 0.2) is 22.8 Å². The number of rotatable bonds is 6. The maximum atomic E-state index is 11.4. The summed E-state index contributed by atoms with van der Waals surface area (Å²) in [5.74, 6) is 0.215. The maximum Gasteiger partial charge on any atom is 0.293 e. The van der Waals surface area contributed by atoms with E-state index in [1.54, 1.807) is 6.07 Å². The van der Waals surface area contributed by atoms with Gasteiger partial charge in [0.15, 0.2) is 5.76 Å². The number of hydrogen-bond donors (Lipinski definition) is 2. The zero-order valence-electron chi connectivity index (χ0n) is 9.64. The van der Waals surface area contributed by atoms with Crippen molar-refractivity contribution >= 4 is 23.6 Å². The molecule has 0 spiro atoms. The van der Waals surface area contributed by atoms with Gasteiger partial charge in [-0.15, -0.1) is 0 Å². The van der Waals surface area contributed by atoms with Crippen LogP contribution in [0, 0.1) is 0 Å². The average molecular weight is 256 g/mol. The lowest BCUT2D eigenvalue weighted by Crippen LogP contribution is -2.32. The smallest absolute Gasteiger partial charge is 0.293 e. The number of amides is 2. The van der Waals surface area contributed by atoms with Gasteiger partial charge >= 0.3 is 0 Å². The van der Waals surface area contributed by atoms with E-state index in [0.29, 0.717) is 5.75 Å². The van der Waals surface area contributed by atoms with Gasteiger partial charge in [0, 0.05) is 11.8 Å². The number of imide groups is 1. The molecular weight excluding hydrogens is 240 g/mol. The zero-order valence-corrected chi connectivity index (χ0v) is 10.5. The van der Waals surface area contributed by atoms with E-state index in [1.165, 1.54) is 24.1 Å². The monoisotopic (exact) mass is 256 g/mol. The van der Waals surface area contributed by atoms with Gasteiger partial charge in [-0.05, 0) is 18.6 Å². The summed E-state index contributed by atoms with van der Waals surface area (Å²) in [6.07, 6.45) is 2.26. The van der Waals surface area contributed by atoms with Crippen LogP contribution < -0.4 is 11.1 Å². The number of hydrogen-bond acceptors (Lipinski definition) is 5. The molecule has 0 aliphatic rings. The predicted octanol–water partition coefficient (Wildman–Crippen LogP) is 1.01. The van der Waals surface area contributed by atoms with Gasteiger partial charge < -0.3 is 10.2 Å². The number of furan rings is 1. The lowest BCUT2D eigenvalue weighted by atomic mass is 10.3. The minimum atomic E-state index is -0.514. The third-order valence-corrected chi connectivity index (χ3v) is 3.22. The Morgan fingerprint density at radius 1 is 1.59 bits per heavy atom. The van der Waals surface area contributed by atoms with Crippen LogP contribution in [0.5, 0.6) is 0 Å². The lowest BCUT2D eigenvalue weighted by Gasteiger charge is -2.07. The number of carbonyl (C=O) groups excluding carboxylic acids is 2. The van der Waals surface area contributed by atoms with E-state index in [0.717, 1.165) is 6.42 Å². The van der Waals surface area contributed by atoms with Gasteiger partial charge in [-0.3, -0.25) is 14.9 Å². The first-order chi connectivity index (χ1) is 8.13. The highest BCUT2D eigenvalue weighted by atomic mass is 32.2. The molecule has 0 bridgehead atoms. The van der Waals surface area contributed by atoms with Crippen molar-refractivity contribution in [2.45, 2.75) is 19.4 Å². The first kappa shape index (κ1) is 13.8. The first-order valence-corrected chi connectivity index (χ1v) is 6.50. The highest BCUT2D eigenvalue weighted by Crippen LogP contribution is 2.04. The highest BCUT2D eigenvalue weighted by Gasteiger charge is 2.12. The van der Waals surface area contributed by atoms with Crippen LogP contribution >= 0.6 is 11.8 Å². The molecule has 2 amide bonds. The summed E-state index contributed by atoms with van der Waals surface area (Å²) in [5, 5.41) is 2.24. The molecule has 1 rings (SSSR count). The van der Waals surface area contributed by atoms with Crippen LogP contribution in [0.4, 0.5) is 0 Å². The van der Waals surface area contributed by atoms with E-state index in [-0.39, 0.29) is 23.5 Å². The molecule has 94 valence electrons. The summed E-state index contributed by atoms with van der Waals surface area (Å²) in [6, 6.07) is 3.19. The number of carbonyl (C=O) groups is 2. The zero-order chi connectivity index (χ0) is 12.7. The van der Waals surface area contributed by atoms with E-state index in [4.69, 9.17) is 10.2 Å². The summed E-state index contributed by atoms with van der Waals surface area (Å²) < 4.78 is 4.87. The Labute approximate surface area is 104 Å². The van der Waals surface area contributed by atoms with Crippen molar-refractivity contribution in [3.05, 3.63) is 24.2 Å². The Balaban J connectivity index is 2.23. The maximum absolute atomic E-state index is 11.4. The summed E-state index contributed by atoms with van der Waals surface area (Å²) in [5.41, 5.74) is 5.70. The van der Waals surface area contributed by atoms with Crippen molar-refractivity contribution in [2.24, 2.45) is 5.73 Å². The Bertz CT molecular complexity index is 365. The van der Waals surface area contributed by atoms with Gasteiger partial charge in [-0.25, -0.2) is 0 Å². The molecule has 0 fully saturated rings. The highest BCUT2D eigenvalue weighted by molar-refractivity contribution is 8.00. The van der Waals surface area contributed by atoms with Gasteiger partial charge in [0.05, 0.1) is 12.0 Å². The molecule has 1 atom stereocenters. The number of nitrogens with one attached hydrogen (secondary N) is 1. The van der Waals surface area contributed by atoms with E-state index in [9.17, 15) is 9.59 Å². The number of thioether (sulfide) groups is 1. The van der Waals surface area contributed by atoms with Crippen molar-refractivity contribution < 1.29 is 14.0 Å². The molecule has 0 aliphatic carbocycles. The minimum Gasteiger partial charge on any atom is -0.459 e. The van der Waals surface area contributed by atoms with Crippen molar-refractivity contribution in [1.29, 1.82) is 0 Å². The Morgan fingerprint density at radius 2 is 2.35 bits per heavy atom. The molecule has 1 aromatic heterocycles. The van der Waals surface area contributed by atoms with Gasteiger partial charge in [-0.2, -0.15) is 11.8 Å². The van der Waals surface area contributed by atoms with Gasteiger partial charge in [-0.1, -0.05) is 6.92 Å². The van der Waals surface area contributed by atoms with Crippen LogP contribution in [0.2, 0.25) is 0 Å². The van der Waals surface area contributed by atoms with E-state index in [2.05, 4.69) is 5.32 Å². The molecule has 0 saturated heterocycles. The molecule has 6 heteroatoms. The van der Waals surface area contributed by atoms with E-state index in [1.807, 2.05) is 6.92 Å². The van der Waals surface area contributed by atoms with Crippen LogP contribution in [0.25, 0.3) is 0 Å². The summed E-state index contributed by atoms with van der Waals surface area (Å²) in [4.78, 5) is 22.8. The third kappa shape index (κ3) is 5.06. The van der Waals surface area contributed by atoms with Crippen LogP contribution in [0.3, 0.4) is 0 Å². The first-order valence-electron chi connectivity index (χ1n) is 5.34. The van der Waals surface area contributed by atoms with E-state index >= 15 is 0 Å². The summed E-state index contributed by atoms with van der Waals surface area (Å²) in [6.45, 7) is 1.99. The van der Waals surface area contributed by atoms with Crippen molar-refractivity contribution in [3.8, 4) is 0 Å². The quantitative estimate of drug-likeness (QED) is 0.793. The second kappa shape index (κ2) is 7.13. The fourth-order valence-electron chi connectivity index (χ4n) is 1.05. The standard InChI is InChI=1S/C11H16N2O3S/c1-2-8(12)6-17-7-10(14)13-11(15)9-4-3-5-16-9/h3-5,8H,2,6-7,12H2,1H3,(H,13,14,15). The lowest BCUT2D eigenvalue weighted by molar-refractivity contribution is -0.117. The third-order valence-electron chi connectivity index (χ3n) is 2.09. The van der Waals surface area contributed by atoms with Gasteiger partial charge in [0.2, 0.25) is 5.91 Å². The van der Waals surface area contributed by atoms with Crippen molar-refractivity contribution in [3.63, 3.8) is 0 Å². The normalized spacial score (nSPS) is 12.1. The number of nitrogens with two attached hydrogens (primary N) is 1. The molecule has 0 saturated carbocycles. The topological polar surface area (TPSA) is 85.3 Å². The molecule has 0 aliphatic heterocycles. The van der Waals surface area contributed by atoms with Gasteiger partial charge in [0.25, 0.3) is 5.91 Å². The van der Waals surface area contributed by atoms with Crippen molar-refractivity contribution in [2.75, 3.05) is 11.5 Å². The fraction of sp³-hybridized carbons (Fsp3) is 0.455. The molecule has 1 unspecified atom stereocenters. The molecule has 1 aromatic rings. The second-order valence-corrected chi connectivity index (χ2v) is 4.57. The van der Waals surface area contributed by atoms with Crippen LogP contribution in [0.1, 0.15) is 23.9 Å². The van der Waals surface area contributed by atoms with E-state index < -0.39 is 5.91 Å². The SMILES string of the molecule is CCC(N)CSCC(=O)NC(=O)c1ccco1. The predicted molar refractivity (Wildman–Crippen MR) is 66.8 cm³/mol. The Hall–Kier alpha value is -1.27. The van der Waals surface area contributed by atoms with Crippen LogP contribution in [-0.4, -0.2) is 29.4 Å². The Kier molecular flexibility index (Phi) is 5.79. The molecule has 1 heterocycles. The molecule has 3 N–H and O–H groups in total. The summed E-state index contributed by atoms with van der Waals surface area (Å²) >= 11 is 1.41. The second-order valence-electron chi connectivity index (χ2n) is 3.54. The largest absolute Gasteiger partial charge is 0.459 e. The molecule has 0 aromatic carbocycles. The molecular formula is C11H16N2O3S. The van der Waals surface area contributed by atoms with Gasteiger partial charge in [0.1, 0.15) is 0 Å². The summed E-state index contributed by atoms with van der Waals surface area (Å²) in [7, 11) is 0. The van der Waals surface area contributed by atoms with Crippen molar-refractivity contribution in [1.82, 2.24) is 5.32 Å². The Morgan fingerprint density at radius 3 is 2.94 bits per heavy atom. The average Bonchev–Trinajstić information content (AvgIpc) is 2.82. The van der Waals surface area contributed by atoms with Crippen LogP contribution in [-0.2, 0) is 4.79 Å². The molecule has 5 nitrogen and oxygen atoms in total. The minimum absolute atomic E-state index is 0.0913.